The Morgan fingerprint density at radius 3 is 2.53 bits per heavy atom. The van der Waals surface area contributed by atoms with E-state index in [2.05, 4.69) is 15.4 Å². The number of rotatable bonds is 9. The SMILES string of the molecule is O=C(NCc1cccc(NC(=O)C2CCCC2)c1)c1cccc(S(=O)(=O)NCC2CCCO2)c1. The molecular weight excluding hydrogens is 454 g/mol. The lowest BCUT2D eigenvalue weighted by Gasteiger charge is -2.13. The molecule has 8 nitrogen and oxygen atoms in total. The summed E-state index contributed by atoms with van der Waals surface area (Å²) < 4.78 is 33.3. The van der Waals surface area contributed by atoms with Crippen molar-refractivity contribution in [2.24, 2.45) is 5.92 Å². The number of carbonyl (C=O) groups excluding carboxylic acids is 2. The molecule has 4 rings (SSSR count). The molecule has 2 aliphatic rings. The highest BCUT2D eigenvalue weighted by atomic mass is 32.2. The van der Waals surface area contributed by atoms with E-state index < -0.39 is 10.0 Å². The van der Waals surface area contributed by atoms with Crippen LogP contribution in [0.4, 0.5) is 5.69 Å². The van der Waals surface area contributed by atoms with Gasteiger partial charge in [-0.15, -0.1) is 0 Å². The quantitative estimate of drug-likeness (QED) is 0.505. The maximum atomic E-state index is 12.7. The molecule has 0 bridgehead atoms. The Kier molecular flexibility index (Phi) is 7.97. The number of sulfonamides is 1. The largest absolute Gasteiger partial charge is 0.377 e. The molecular formula is C25H31N3O5S. The molecule has 1 aliphatic carbocycles. The summed E-state index contributed by atoms with van der Waals surface area (Å²) in [4.78, 5) is 25.1. The van der Waals surface area contributed by atoms with Gasteiger partial charge in [0.05, 0.1) is 11.0 Å². The lowest BCUT2D eigenvalue weighted by Crippen LogP contribution is -2.32. The molecule has 3 N–H and O–H groups in total. The molecule has 1 saturated heterocycles. The predicted molar refractivity (Wildman–Crippen MR) is 129 cm³/mol. The Bertz CT molecular complexity index is 1120. The third-order valence-corrected chi connectivity index (χ3v) is 7.73. The zero-order valence-corrected chi connectivity index (χ0v) is 19.9. The van der Waals surface area contributed by atoms with Crippen LogP contribution in [-0.4, -0.2) is 39.5 Å². The number of carbonyl (C=O) groups is 2. The summed E-state index contributed by atoms with van der Waals surface area (Å²) in [5.74, 6) is -0.256. The maximum Gasteiger partial charge on any atom is 0.251 e. The van der Waals surface area contributed by atoms with Crippen LogP contribution in [0.1, 0.15) is 54.4 Å². The van der Waals surface area contributed by atoms with Crippen LogP contribution < -0.4 is 15.4 Å². The Balaban J connectivity index is 1.33. The van der Waals surface area contributed by atoms with E-state index in [0.29, 0.717) is 12.3 Å². The average Bonchev–Trinajstić information content (AvgIpc) is 3.56. The van der Waals surface area contributed by atoms with E-state index in [9.17, 15) is 18.0 Å². The fraction of sp³-hybridized carbons (Fsp3) is 0.440. The highest BCUT2D eigenvalue weighted by Crippen LogP contribution is 2.26. The Labute approximate surface area is 200 Å². The van der Waals surface area contributed by atoms with Crippen molar-refractivity contribution in [3.63, 3.8) is 0 Å². The van der Waals surface area contributed by atoms with Crippen LogP contribution in [0.5, 0.6) is 0 Å². The van der Waals surface area contributed by atoms with Crippen LogP contribution in [-0.2, 0) is 26.1 Å². The number of hydrogen-bond donors (Lipinski definition) is 3. The topological polar surface area (TPSA) is 114 Å². The minimum Gasteiger partial charge on any atom is -0.377 e. The normalized spacial score (nSPS) is 18.6. The van der Waals surface area contributed by atoms with Gasteiger partial charge in [-0.3, -0.25) is 9.59 Å². The molecule has 182 valence electrons. The Morgan fingerprint density at radius 1 is 0.971 bits per heavy atom. The summed E-state index contributed by atoms with van der Waals surface area (Å²) >= 11 is 0. The van der Waals surface area contributed by atoms with Crippen LogP contribution in [0.25, 0.3) is 0 Å². The molecule has 1 saturated carbocycles. The molecule has 2 fully saturated rings. The van der Waals surface area contributed by atoms with E-state index in [1.54, 1.807) is 12.1 Å². The van der Waals surface area contributed by atoms with E-state index in [4.69, 9.17) is 4.74 Å². The Morgan fingerprint density at radius 2 is 1.76 bits per heavy atom. The number of nitrogens with one attached hydrogen (secondary N) is 3. The minimum absolute atomic E-state index is 0.0368. The van der Waals surface area contributed by atoms with Crippen molar-refractivity contribution in [2.45, 2.75) is 56.1 Å². The van der Waals surface area contributed by atoms with Crippen LogP contribution in [0.2, 0.25) is 0 Å². The van der Waals surface area contributed by atoms with Crippen molar-refractivity contribution in [3.05, 3.63) is 59.7 Å². The summed E-state index contributed by atoms with van der Waals surface area (Å²) in [6, 6.07) is 13.3. The number of anilines is 1. The van der Waals surface area contributed by atoms with Crippen LogP contribution in [0, 0.1) is 5.92 Å². The zero-order valence-electron chi connectivity index (χ0n) is 19.1. The molecule has 0 aromatic heterocycles. The lowest BCUT2D eigenvalue weighted by atomic mass is 10.1. The highest BCUT2D eigenvalue weighted by molar-refractivity contribution is 7.89. The molecule has 2 aromatic rings. The number of hydrogen-bond acceptors (Lipinski definition) is 5. The van der Waals surface area contributed by atoms with Crippen molar-refractivity contribution < 1.29 is 22.7 Å². The monoisotopic (exact) mass is 485 g/mol. The molecule has 0 radical (unpaired) electrons. The van der Waals surface area contributed by atoms with Crippen molar-refractivity contribution in [1.82, 2.24) is 10.0 Å². The summed E-state index contributed by atoms with van der Waals surface area (Å²) in [5.41, 5.74) is 1.79. The third kappa shape index (κ3) is 6.43. The van der Waals surface area contributed by atoms with Gasteiger partial charge in [0, 0.05) is 36.9 Å². The zero-order chi connectivity index (χ0) is 24.0. The molecule has 0 spiro atoms. The van der Waals surface area contributed by atoms with Gasteiger partial charge in [-0.05, 0) is 61.6 Å². The van der Waals surface area contributed by atoms with Gasteiger partial charge >= 0.3 is 0 Å². The highest BCUT2D eigenvalue weighted by Gasteiger charge is 2.23. The van der Waals surface area contributed by atoms with Crippen molar-refractivity contribution in [1.29, 1.82) is 0 Å². The van der Waals surface area contributed by atoms with Gasteiger partial charge in [0.2, 0.25) is 15.9 Å². The van der Waals surface area contributed by atoms with Gasteiger partial charge in [-0.2, -0.15) is 0 Å². The second-order valence-electron chi connectivity index (χ2n) is 8.87. The molecule has 1 aliphatic heterocycles. The molecule has 1 heterocycles. The van der Waals surface area contributed by atoms with Crippen LogP contribution in [0.3, 0.4) is 0 Å². The first-order chi connectivity index (χ1) is 16.4. The lowest BCUT2D eigenvalue weighted by molar-refractivity contribution is -0.119. The van der Waals surface area contributed by atoms with E-state index in [0.717, 1.165) is 44.1 Å². The molecule has 1 unspecified atom stereocenters. The van der Waals surface area contributed by atoms with E-state index >= 15 is 0 Å². The summed E-state index contributed by atoms with van der Waals surface area (Å²) in [6.45, 7) is 1.12. The predicted octanol–water partition coefficient (Wildman–Crippen LogP) is 3.20. The second kappa shape index (κ2) is 11.1. The van der Waals surface area contributed by atoms with Crippen molar-refractivity contribution in [3.8, 4) is 0 Å². The van der Waals surface area contributed by atoms with E-state index in [1.807, 2.05) is 24.3 Å². The smallest absolute Gasteiger partial charge is 0.251 e. The first-order valence-corrected chi connectivity index (χ1v) is 13.3. The molecule has 34 heavy (non-hydrogen) atoms. The number of benzene rings is 2. The molecule has 2 amide bonds. The van der Waals surface area contributed by atoms with Crippen LogP contribution in [0.15, 0.2) is 53.4 Å². The van der Waals surface area contributed by atoms with Gasteiger partial charge < -0.3 is 15.4 Å². The van der Waals surface area contributed by atoms with Gasteiger partial charge in [0.25, 0.3) is 5.91 Å². The fourth-order valence-corrected chi connectivity index (χ4v) is 5.48. The van der Waals surface area contributed by atoms with Crippen molar-refractivity contribution in [2.75, 3.05) is 18.5 Å². The van der Waals surface area contributed by atoms with Gasteiger partial charge in [-0.1, -0.05) is 31.0 Å². The van der Waals surface area contributed by atoms with Gasteiger partial charge in [0.1, 0.15) is 0 Å². The fourth-order valence-electron chi connectivity index (χ4n) is 4.37. The summed E-state index contributed by atoms with van der Waals surface area (Å²) in [7, 11) is -3.75. The first kappa shape index (κ1) is 24.4. The van der Waals surface area contributed by atoms with Gasteiger partial charge in [0.15, 0.2) is 0 Å². The first-order valence-electron chi connectivity index (χ1n) is 11.8. The second-order valence-corrected chi connectivity index (χ2v) is 10.6. The minimum atomic E-state index is -3.75. The third-order valence-electron chi connectivity index (χ3n) is 6.31. The van der Waals surface area contributed by atoms with Crippen LogP contribution >= 0.6 is 0 Å². The van der Waals surface area contributed by atoms with E-state index in [1.165, 1.54) is 12.1 Å². The molecule has 2 aromatic carbocycles. The molecule has 9 heteroatoms. The number of amides is 2. The summed E-state index contributed by atoms with van der Waals surface area (Å²) in [5, 5.41) is 5.78. The van der Waals surface area contributed by atoms with Gasteiger partial charge in [-0.25, -0.2) is 13.1 Å². The standard InChI is InChI=1S/C25H31N3O5S/c29-24(20-9-4-12-23(15-20)34(31,32)27-17-22-11-5-13-33-22)26-16-18-6-3-10-21(14-18)28-25(30)19-7-1-2-8-19/h3-4,6,9-10,12,14-15,19,22,27H,1-2,5,7-8,11,13,16-17H2,(H,26,29)(H,28,30). The van der Waals surface area contributed by atoms with Crippen molar-refractivity contribution >= 4 is 27.5 Å². The van der Waals surface area contributed by atoms with E-state index in [-0.39, 0.29) is 47.4 Å². The average molecular weight is 486 g/mol. The summed E-state index contributed by atoms with van der Waals surface area (Å²) in [6.07, 6.45) is 5.70. The molecule has 1 atom stereocenters. The maximum absolute atomic E-state index is 12.7. The Hall–Kier alpha value is -2.75. The number of ether oxygens (including phenoxy) is 1.